The number of methoxy groups -OCH3 is 2. The maximum absolute atomic E-state index is 12.2. The molecule has 102 valence electrons. The molecule has 5 heteroatoms. The fraction of sp³-hybridized carbons (Fsp3) is 0.357. The van der Waals surface area contributed by atoms with Crippen LogP contribution in [0.2, 0.25) is 0 Å². The van der Waals surface area contributed by atoms with Crippen LogP contribution >= 0.6 is 0 Å². The van der Waals surface area contributed by atoms with Crippen LogP contribution in [0.25, 0.3) is 0 Å². The first-order valence-electron chi connectivity index (χ1n) is 5.77. The van der Waals surface area contributed by atoms with Crippen molar-refractivity contribution >= 4 is 17.7 Å². The van der Waals surface area contributed by atoms with Crippen molar-refractivity contribution in [1.82, 2.24) is 0 Å². The van der Waals surface area contributed by atoms with Gasteiger partial charge in [0.25, 0.3) is 0 Å². The van der Waals surface area contributed by atoms with E-state index in [0.29, 0.717) is 5.56 Å². The number of esters is 2. The normalized spacial score (nSPS) is 11.8. The van der Waals surface area contributed by atoms with Crippen LogP contribution in [0.1, 0.15) is 17.3 Å². The highest BCUT2D eigenvalue weighted by Gasteiger charge is 2.38. The minimum absolute atomic E-state index is 0.304. The molecule has 0 fully saturated rings. The van der Waals surface area contributed by atoms with E-state index >= 15 is 0 Å². The standard InChI is InChI=1S/C14H16O5/c1-9(11(13(16)18-2)14(17)19-3)12(15)10-7-5-4-6-8-10/h4-9,11H,1-3H3/t9-/m0/s1. The van der Waals surface area contributed by atoms with Crippen LogP contribution in [0, 0.1) is 11.8 Å². The van der Waals surface area contributed by atoms with E-state index in [4.69, 9.17) is 0 Å². The number of benzene rings is 1. The Balaban J connectivity index is 3.00. The minimum Gasteiger partial charge on any atom is -0.468 e. The number of rotatable bonds is 5. The first-order valence-corrected chi connectivity index (χ1v) is 5.77. The first kappa shape index (κ1) is 14.9. The number of ketones is 1. The van der Waals surface area contributed by atoms with Gasteiger partial charge in [-0.3, -0.25) is 14.4 Å². The largest absolute Gasteiger partial charge is 0.468 e. The van der Waals surface area contributed by atoms with Crippen LogP contribution in [0.4, 0.5) is 0 Å². The lowest BCUT2D eigenvalue weighted by Gasteiger charge is -2.18. The Labute approximate surface area is 111 Å². The first-order chi connectivity index (χ1) is 9.02. The van der Waals surface area contributed by atoms with E-state index in [2.05, 4.69) is 9.47 Å². The van der Waals surface area contributed by atoms with E-state index in [1.54, 1.807) is 30.3 Å². The van der Waals surface area contributed by atoms with E-state index in [1.807, 2.05) is 0 Å². The van der Waals surface area contributed by atoms with Gasteiger partial charge in [-0.15, -0.1) is 0 Å². The third-order valence-corrected chi connectivity index (χ3v) is 2.88. The number of carbonyl (C=O) groups excluding carboxylic acids is 3. The SMILES string of the molecule is COC(=O)C(C(=O)OC)[C@H](C)C(=O)c1ccccc1. The molecule has 0 heterocycles. The second-order valence-corrected chi connectivity index (χ2v) is 4.04. The van der Waals surface area contributed by atoms with Crippen LogP contribution in [0.15, 0.2) is 30.3 Å². The van der Waals surface area contributed by atoms with Crippen molar-refractivity contribution in [2.75, 3.05) is 14.2 Å². The lowest BCUT2D eigenvalue weighted by atomic mass is 9.87. The van der Waals surface area contributed by atoms with Gasteiger partial charge in [0.1, 0.15) is 0 Å². The number of ether oxygens (including phenoxy) is 2. The zero-order chi connectivity index (χ0) is 14.4. The summed E-state index contributed by atoms with van der Waals surface area (Å²) in [7, 11) is 2.33. The van der Waals surface area contributed by atoms with Gasteiger partial charge in [0, 0.05) is 11.5 Å². The molecule has 5 nitrogen and oxygen atoms in total. The maximum atomic E-state index is 12.2. The van der Waals surface area contributed by atoms with Crippen LogP contribution in [-0.2, 0) is 19.1 Å². The molecule has 0 aliphatic rings. The summed E-state index contributed by atoms with van der Waals surface area (Å²) in [6, 6.07) is 8.46. The van der Waals surface area contributed by atoms with E-state index in [9.17, 15) is 14.4 Å². The Morgan fingerprint density at radius 2 is 1.42 bits per heavy atom. The van der Waals surface area contributed by atoms with Crippen LogP contribution in [0.5, 0.6) is 0 Å². The van der Waals surface area contributed by atoms with Crippen molar-refractivity contribution in [2.45, 2.75) is 6.92 Å². The van der Waals surface area contributed by atoms with Gasteiger partial charge in [-0.2, -0.15) is 0 Å². The number of hydrogen-bond donors (Lipinski definition) is 0. The highest BCUT2D eigenvalue weighted by molar-refractivity contribution is 6.05. The van der Waals surface area contributed by atoms with Crippen molar-refractivity contribution in [2.24, 2.45) is 11.8 Å². The summed E-state index contributed by atoms with van der Waals surface area (Å²) in [5.41, 5.74) is 0.438. The Kier molecular flexibility index (Phi) is 5.23. The summed E-state index contributed by atoms with van der Waals surface area (Å²) in [6.45, 7) is 1.51. The highest BCUT2D eigenvalue weighted by Crippen LogP contribution is 2.20. The molecule has 0 saturated carbocycles. The molecule has 0 spiro atoms. The lowest BCUT2D eigenvalue weighted by Crippen LogP contribution is -2.36. The summed E-state index contributed by atoms with van der Waals surface area (Å²) in [4.78, 5) is 35.4. The number of hydrogen-bond acceptors (Lipinski definition) is 5. The van der Waals surface area contributed by atoms with Gasteiger partial charge in [0.05, 0.1) is 14.2 Å². The van der Waals surface area contributed by atoms with Crippen molar-refractivity contribution in [3.05, 3.63) is 35.9 Å². The van der Waals surface area contributed by atoms with E-state index in [0.717, 1.165) is 14.2 Å². The molecule has 19 heavy (non-hydrogen) atoms. The van der Waals surface area contributed by atoms with Gasteiger partial charge < -0.3 is 9.47 Å². The fourth-order valence-corrected chi connectivity index (χ4v) is 1.78. The maximum Gasteiger partial charge on any atom is 0.320 e. The van der Waals surface area contributed by atoms with Gasteiger partial charge in [-0.25, -0.2) is 0 Å². The van der Waals surface area contributed by atoms with E-state index < -0.39 is 23.8 Å². The van der Waals surface area contributed by atoms with Gasteiger partial charge in [-0.05, 0) is 0 Å². The Morgan fingerprint density at radius 3 is 1.84 bits per heavy atom. The zero-order valence-electron chi connectivity index (χ0n) is 11.1. The summed E-state index contributed by atoms with van der Waals surface area (Å²) >= 11 is 0. The molecule has 1 aromatic carbocycles. The smallest absolute Gasteiger partial charge is 0.320 e. The molecule has 0 aliphatic heterocycles. The van der Waals surface area contributed by atoms with Gasteiger partial charge in [0.15, 0.2) is 11.7 Å². The molecule has 0 bridgehead atoms. The molecule has 0 radical (unpaired) electrons. The highest BCUT2D eigenvalue weighted by atomic mass is 16.5. The van der Waals surface area contributed by atoms with Crippen LogP contribution in [0.3, 0.4) is 0 Å². The molecule has 0 aromatic heterocycles. The summed E-state index contributed by atoms with van der Waals surface area (Å²) < 4.78 is 9.10. The average molecular weight is 264 g/mol. The molecular formula is C14H16O5. The third kappa shape index (κ3) is 3.40. The Morgan fingerprint density at radius 1 is 0.947 bits per heavy atom. The van der Waals surface area contributed by atoms with Crippen LogP contribution < -0.4 is 0 Å². The molecule has 0 unspecified atom stereocenters. The van der Waals surface area contributed by atoms with Crippen LogP contribution in [-0.4, -0.2) is 31.9 Å². The lowest BCUT2D eigenvalue weighted by molar-refractivity contribution is -0.160. The minimum atomic E-state index is -1.25. The molecule has 0 saturated heterocycles. The number of Topliss-reactive ketones (excluding diaryl/α,β-unsaturated/α-hetero) is 1. The summed E-state index contributed by atoms with van der Waals surface area (Å²) in [5.74, 6) is -3.95. The molecule has 1 atom stereocenters. The van der Waals surface area contributed by atoms with Gasteiger partial charge in [-0.1, -0.05) is 37.3 Å². The average Bonchev–Trinajstić information content (AvgIpc) is 2.46. The van der Waals surface area contributed by atoms with Gasteiger partial charge in [0.2, 0.25) is 0 Å². The van der Waals surface area contributed by atoms with Crippen molar-refractivity contribution in [3.8, 4) is 0 Å². The topological polar surface area (TPSA) is 69.7 Å². The second-order valence-electron chi connectivity index (χ2n) is 4.04. The molecule has 0 N–H and O–H groups in total. The van der Waals surface area contributed by atoms with Crippen molar-refractivity contribution in [1.29, 1.82) is 0 Å². The second kappa shape index (κ2) is 6.68. The molecular weight excluding hydrogens is 248 g/mol. The quantitative estimate of drug-likeness (QED) is 0.457. The monoisotopic (exact) mass is 264 g/mol. The molecule has 1 rings (SSSR count). The molecule has 0 aliphatic carbocycles. The molecule has 1 aromatic rings. The summed E-state index contributed by atoms with van der Waals surface area (Å²) in [6.07, 6.45) is 0. The Bertz CT molecular complexity index is 450. The predicted molar refractivity (Wildman–Crippen MR) is 67.5 cm³/mol. The molecule has 0 amide bonds. The van der Waals surface area contributed by atoms with Crippen molar-refractivity contribution < 1.29 is 23.9 Å². The van der Waals surface area contributed by atoms with E-state index in [-0.39, 0.29) is 5.78 Å². The Hall–Kier alpha value is -2.17. The zero-order valence-corrected chi connectivity index (χ0v) is 11.1. The fourth-order valence-electron chi connectivity index (χ4n) is 1.78. The van der Waals surface area contributed by atoms with Crippen molar-refractivity contribution in [3.63, 3.8) is 0 Å². The number of carbonyl (C=O) groups is 3. The third-order valence-electron chi connectivity index (χ3n) is 2.88. The summed E-state index contributed by atoms with van der Waals surface area (Å²) in [5, 5.41) is 0. The van der Waals surface area contributed by atoms with E-state index in [1.165, 1.54) is 6.92 Å². The predicted octanol–water partition coefficient (Wildman–Crippen LogP) is 1.47. The van der Waals surface area contributed by atoms with Gasteiger partial charge >= 0.3 is 11.9 Å².